The van der Waals surface area contributed by atoms with E-state index in [2.05, 4.69) is 159 Å². The fraction of sp³-hybridized carbons (Fsp3) is 0.318. The van der Waals surface area contributed by atoms with Gasteiger partial charge in [-0.2, -0.15) is 0 Å². The molecule has 1 fully saturated rings. The lowest BCUT2D eigenvalue weighted by atomic mass is 9.66. The molecule has 0 N–H and O–H groups in total. The van der Waals surface area contributed by atoms with E-state index in [1.54, 1.807) is 21.8 Å². The van der Waals surface area contributed by atoms with Crippen LogP contribution in [0.3, 0.4) is 0 Å². The quantitative estimate of drug-likeness (QED) is 0.151. The number of hydrogen-bond donors (Lipinski definition) is 0. The van der Waals surface area contributed by atoms with Crippen LogP contribution in [-0.2, 0) is 0 Å². The first kappa shape index (κ1) is 32.7. The molecular weight excluding hydrogens is 622 g/mol. The Balaban J connectivity index is 1.59. The van der Waals surface area contributed by atoms with Crippen LogP contribution < -0.4 is 26.5 Å². The number of rotatable bonds is 7. The van der Waals surface area contributed by atoms with Crippen molar-refractivity contribution in [1.29, 1.82) is 0 Å². The van der Waals surface area contributed by atoms with Gasteiger partial charge in [0.25, 0.3) is 0 Å². The van der Waals surface area contributed by atoms with Crippen molar-refractivity contribution in [2.24, 2.45) is 16.7 Å². The minimum Gasteiger partial charge on any atom is -0.145 e. The summed E-state index contributed by atoms with van der Waals surface area (Å²) in [5, 5.41) is 9.26. The molecule has 2 aliphatic rings. The Morgan fingerprint density at radius 2 is 1.04 bits per heavy atom. The number of fused-ring (bicyclic) bond motifs is 2. The Labute approximate surface area is 289 Å². The van der Waals surface area contributed by atoms with Crippen molar-refractivity contribution in [3.8, 4) is 0 Å². The van der Waals surface area contributed by atoms with E-state index in [1.165, 1.54) is 66.1 Å². The van der Waals surface area contributed by atoms with Gasteiger partial charge in [-0.3, -0.25) is 0 Å². The fourth-order valence-corrected chi connectivity index (χ4v) is 16.5. The highest BCUT2D eigenvalue weighted by molar-refractivity contribution is 7.80. The minimum atomic E-state index is -0.774. The second-order valence-corrected chi connectivity index (χ2v) is 20.6. The second-order valence-electron chi connectivity index (χ2n) is 14.9. The van der Waals surface area contributed by atoms with Gasteiger partial charge in [-0.15, -0.1) is 11.3 Å². The monoisotopic (exact) mass is 670 g/mol. The summed E-state index contributed by atoms with van der Waals surface area (Å²) < 4.78 is 0. The van der Waals surface area contributed by atoms with Gasteiger partial charge >= 0.3 is 0 Å². The normalized spacial score (nSPS) is 20.2. The third-order valence-corrected chi connectivity index (χ3v) is 17.6. The Morgan fingerprint density at radius 1 is 0.574 bits per heavy atom. The van der Waals surface area contributed by atoms with Crippen LogP contribution >= 0.6 is 27.2 Å². The summed E-state index contributed by atoms with van der Waals surface area (Å²) in [6.45, 7) is 21.7. The van der Waals surface area contributed by atoms with Crippen molar-refractivity contribution in [2.75, 3.05) is 0 Å². The van der Waals surface area contributed by atoms with E-state index in [0.717, 1.165) is 0 Å². The van der Waals surface area contributed by atoms with Crippen LogP contribution in [-0.4, -0.2) is 0 Å². The van der Waals surface area contributed by atoms with Crippen molar-refractivity contribution in [1.82, 2.24) is 0 Å². The van der Waals surface area contributed by atoms with Crippen molar-refractivity contribution in [3.05, 3.63) is 140 Å². The standard InChI is InChI=1S/C44H48P2S/c1-28-22-29(2)25-36(24-28)46(37-26-30(3)23-31(4)27-37)41-33(6)47-32(5)39(41)40-42(38-20-21-44(40,9)43(38,7)8)45(34-16-12-10-13-17-34)35-18-14-11-15-19-35/h10-19,22-27,38H,20-21H2,1-9H3/t38?,44-/m0/s1. The molecule has 1 heterocycles. The smallest absolute Gasteiger partial charge is 0.0107 e. The van der Waals surface area contributed by atoms with Gasteiger partial charge in [-0.25, -0.2) is 0 Å². The maximum Gasteiger partial charge on any atom is 0.0107 e. The minimum absolute atomic E-state index is 0.107. The third kappa shape index (κ3) is 5.42. The lowest BCUT2D eigenvalue weighted by Gasteiger charge is -2.38. The molecule has 0 aliphatic heterocycles. The lowest BCUT2D eigenvalue weighted by Crippen LogP contribution is -2.32. The molecule has 0 spiro atoms. The molecule has 240 valence electrons. The molecule has 0 nitrogen and oxygen atoms in total. The van der Waals surface area contributed by atoms with Gasteiger partial charge in [-0.1, -0.05) is 140 Å². The van der Waals surface area contributed by atoms with E-state index in [-0.39, 0.29) is 10.8 Å². The second kappa shape index (κ2) is 12.3. The van der Waals surface area contributed by atoms with Crippen molar-refractivity contribution in [2.45, 2.75) is 75.2 Å². The molecule has 2 atom stereocenters. The van der Waals surface area contributed by atoms with Crippen molar-refractivity contribution >= 4 is 59.3 Å². The number of allylic oxidation sites excluding steroid dienone is 2. The molecule has 3 heteroatoms. The molecule has 1 aromatic heterocycles. The summed E-state index contributed by atoms with van der Waals surface area (Å²) >= 11 is 2.04. The highest BCUT2D eigenvalue weighted by atomic mass is 32.1. The molecule has 47 heavy (non-hydrogen) atoms. The van der Waals surface area contributed by atoms with Crippen LogP contribution in [0.5, 0.6) is 0 Å². The Morgan fingerprint density at radius 3 is 1.51 bits per heavy atom. The van der Waals surface area contributed by atoms with Crippen LogP contribution in [0.4, 0.5) is 0 Å². The summed E-state index contributed by atoms with van der Waals surface area (Å²) in [5.41, 5.74) is 8.99. The zero-order valence-electron chi connectivity index (χ0n) is 29.5. The average Bonchev–Trinajstić information content (AvgIpc) is 3.49. The topological polar surface area (TPSA) is 0 Å². The van der Waals surface area contributed by atoms with Crippen LogP contribution in [0, 0.1) is 58.3 Å². The number of aryl methyl sites for hydroxylation is 6. The Bertz CT molecular complexity index is 1870. The number of thiophene rings is 1. The van der Waals surface area contributed by atoms with Crippen LogP contribution in [0.1, 0.15) is 71.2 Å². The van der Waals surface area contributed by atoms with Crippen molar-refractivity contribution < 1.29 is 0 Å². The fourth-order valence-electron chi connectivity index (χ4n) is 8.94. The van der Waals surface area contributed by atoms with Gasteiger partial charge in [0.2, 0.25) is 0 Å². The largest absolute Gasteiger partial charge is 0.145 e. The predicted octanol–water partition coefficient (Wildman–Crippen LogP) is 10.7. The van der Waals surface area contributed by atoms with E-state index in [1.807, 2.05) is 11.3 Å². The molecule has 2 aliphatic carbocycles. The van der Waals surface area contributed by atoms with Crippen LogP contribution in [0.15, 0.2) is 102 Å². The summed E-state index contributed by atoms with van der Waals surface area (Å²) in [6, 6.07) is 37.5. The van der Waals surface area contributed by atoms with Crippen LogP contribution in [0.2, 0.25) is 0 Å². The Kier molecular flexibility index (Phi) is 8.53. The molecule has 7 rings (SSSR count). The summed E-state index contributed by atoms with van der Waals surface area (Å²) in [4.78, 5) is 2.98. The molecule has 1 unspecified atom stereocenters. The zero-order valence-corrected chi connectivity index (χ0v) is 32.1. The summed E-state index contributed by atoms with van der Waals surface area (Å²) in [6.07, 6.45) is 2.54. The first-order valence-corrected chi connectivity index (χ1v) is 20.6. The van der Waals surface area contributed by atoms with Gasteiger partial charge in [0.1, 0.15) is 0 Å². The van der Waals surface area contributed by atoms with E-state index in [9.17, 15) is 0 Å². The molecular formula is C44H48P2S. The SMILES string of the molecule is Cc1cc(C)cc(P(c2cc(C)cc(C)c2)c2c(C)sc(C)c2C2=C(P(c3ccccc3)c3ccccc3)C3CC[C@]2(C)C3(C)C)c1. The first-order valence-electron chi connectivity index (χ1n) is 17.1. The van der Waals surface area contributed by atoms with E-state index >= 15 is 0 Å². The molecule has 5 aromatic rings. The van der Waals surface area contributed by atoms with Gasteiger partial charge in [0.15, 0.2) is 0 Å². The summed E-state index contributed by atoms with van der Waals surface area (Å²) in [5.74, 6) is 0.565. The maximum atomic E-state index is 2.63. The molecule has 1 saturated carbocycles. The number of benzene rings is 4. The first-order chi connectivity index (χ1) is 22.4. The predicted molar refractivity (Wildman–Crippen MR) is 212 cm³/mol. The molecule has 4 aromatic carbocycles. The van der Waals surface area contributed by atoms with E-state index in [4.69, 9.17) is 0 Å². The van der Waals surface area contributed by atoms with Gasteiger partial charge in [0.05, 0.1) is 0 Å². The van der Waals surface area contributed by atoms with Gasteiger partial charge < -0.3 is 0 Å². The van der Waals surface area contributed by atoms with Gasteiger partial charge in [-0.05, 0) is 119 Å². The molecule has 0 saturated heterocycles. The van der Waals surface area contributed by atoms with Crippen molar-refractivity contribution in [3.63, 3.8) is 0 Å². The third-order valence-electron chi connectivity index (χ3n) is 11.3. The zero-order chi connectivity index (χ0) is 33.2. The van der Waals surface area contributed by atoms with Crippen LogP contribution in [0.25, 0.3) is 5.57 Å². The molecule has 2 bridgehead atoms. The van der Waals surface area contributed by atoms with E-state index < -0.39 is 15.8 Å². The summed E-state index contributed by atoms with van der Waals surface area (Å²) in [7, 11) is -1.47. The highest BCUT2D eigenvalue weighted by Gasteiger charge is 2.62. The van der Waals surface area contributed by atoms with E-state index in [0.29, 0.717) is 5.92 Å². The van der Waals surface area contributed by atoms with Gasteiger partial charge in [0, 0.05) is 20.6 Å². The highest BCUT2D eigenvalue weighted by Crippen LogP contribution is 2.76. The maximum absolute atomic E-state index is 2.63. The average molecular weight is 671 g/mol. The lowest BCUT2D eigenvalue weighted by molar-refractivity contribution is 0.189. The molecule has 0 amide bonds. The number of hydrogen-bond acceptors (Lipinski definition) is 1. The molecule has 0 radical (unpaired) electrons. The Hall–Kier alpha value is -2.82.